The van der Waals surface area contributed by atoms with Gasteiger partial charge in [0, 0.05) is 37.8 Å². The Morgan fingerprint density at radius 3 is 2.57 bits per heavy atom. The summed E-state index contributed by atoms with van der Waals surface area (Å²) in [5.41, 5.74) is -0.507. The topological polar surface area (TPSA) is 47.6 Å². The number of alkyl halides is 3. The Labute approximate surface area is 200 Å². The average Bonchev–Trinajstić information content (AvgIpc) is 2.81. The molecule has 1 unspecified atom stereocenters. The Hall–Kier alpha value is -2.98. The molecule has 1 atom stereocenters. The molecule has 2 aliphatic heterocycles. The third-order valence-electron chi connectivity index (χ3n) is 6.54. The summed E-state index contributed by atoms with van der Waals surface area (Å²) in [5.74, 6) is -2.62. The number of nitrogens with one attached hydrogen (secondary N) is 2. The predicted octanol–water partition coefficient (Wildman–Crippen LogP) is 4.75. The number of rotatable bonds is 4. The fourth-order valence-corrected chi connectivity index (χ4v) is 4.43. The zero-order valence-corrected chi connectivity index (χ0v) is 19.5. The zero-order chi connectivity index (χ0) is 25.3. The molecule has 0 bridgehead atoms. The second-order valence-electron chi connectivity index (χ2n) is 8.96. The van der Waals surface area contributed by atoms with E-state index in [1.807, 2.05) is 24.9 Å². The van der Waals surface area contributed by atoms with Crippen molar-refractivity contribution in [2.75, 3.05) is 50.0 Å². The fourth-order valence-electron chi connectivity index (χ4n) is 4.43. The van der Waals surface area contributed by atoms with Crippen molar-refractivity contribution in [3.8, 4) is 0 Å². The van der Waals surface area contributed by atoms with Crippen molar-refractivity contribution in [2.24, 2.45) is 0 Å². The summed E-state index contributed by atoms with van der Waals surface area (Å²) in [4.78, 5) is 17.1. The van der Waals surface area contributed by atoms with Gasteiger partial charge in [-0.25, -0.2) is 8.78 Å². The lowest BCUT2D eigenvalue weighted by atomic mass is 9.99. The van der Waals surface area contributed by atoms with Crippen LogP contribution in [0.15, 0.2) is 36.4 Å². The van der Waals surface area contributed by atoms with Gasteiger partial charge in [0.2, 0.25) is 0 Å². The summed E-state index contributed by atoms with van der Waals surface area (Å²) in [6.45, 7) is 5.01. The summed E-state index contributed by atoms with van der Waals surface area (Å²) < 4.78 is 69.4. The molecule has 35 heavy (non-hydrogen) atoms. The van der Waals surface area contributed by atoms with Crippen LogP contribution in [0, 0.1) is 11.6 Å². The number of amides is 1. The van der Waals surface area contributed by atoms with E-state index >= 15 is 4.39 Å². The normalized spacial score (nSPS) is 19.5. The molecule has 0 spiro atoms. The van der Waals surface area contributed by atoms with Gasteiger partial charge in [0.15, 0.2) is 0 Å². The molecule has 1 amide bonds. The summed E-state index contributed by atoms with van der Waals surface area (Å²) in [6.07, 6.45) is -2.31. The monoisotopic (exact) mass is 494 g/mol. The first-order valence-electron chi connectivity index (χ1n) is 11.4. The van der Waals surface area contributed by atoms with Crippen molar-refractivity contribution < 1.29 is 26.7 Å². The maximum Gasteiger partial charge on any atom is 0.417 e. The molecule has 2 aromatic rings. The van der Waals surface area contributed by atoms with Crippen molar-refractivity contribution in [3.05, 3.63) is 64.7 Å². The largest absolute Gasteiger partial charge is 0.417 e. The van der Waals surface area contributed by atoms with Crippen LogP contribution in [0.3, 0.4) is 0 Å². The number of carbonyl (C=O) groups is 1. The van der Waals surface area contributed by atoms with E-state index in [0.717, 1.165) is 18.7 Å². The maximum absolute atomic E-state index is 15.3. The maximum atomic E-state index is 15.3. The number of nitrogens with zero attached hydrogens (tertiary/aromatic N) is 2. The number of carbonyl (C=O) groups excluding carboxylic acids is 1. The molecule has 10 heteroatoms. The summed E-state index contributed by atoms with van der Waals surface area (Å²) in [6, 6.07) is 4.86. The summed E-state index contributed by atoms with van der Waals surface area (Å²) in [5, 5.41) is 5.72. The van der Waals surface area contributed by atoms with Crippen molar-refractivity contribution in [1.29, 1.82) is 0 Å². The van der Waals surface area contributed by atoms with Crippen molar-refractivity contribution in [3.63, 3.8) is 0 Å². The number of likely N-dealkylation sites (N-methyl/N-ethyl adjacent to an activating group) is 1. The fraction of sp³-hybridized carbons (Fsp3) is 0.400. The lowest BCUT2D eigenvalue weighted by molar-refractivity contribution is -0.138. The van der Waals surface area contributed by atoms with Crippen molar-refractivity contribution >= 4 is 22.9 Å². The lowest BCUT2D eigenvalue weighted by Crippen LogP contribution is -2.50. The Morgan fingerprint density at radius 2 is 1.91 bits per heavy atom. The van der Waals surface area contributed by atoms with Gasteiger partial charge in [-0.05, 0) is 62.8 Å². The third-order valence-corrected chi connectivity index (χ3v) is 6.54. The lowest BCUT2D eigenvalue weighted by Gasteiger charge is -2.39. The van der Waals surface area contributed by atoms with Gasteiger partial charge in [0.1, 0.15) is 11.6 Å². The van der Waals surface area contributed by atoms with Gasteiger partial charge in [0.05, 0.1) is 22.5 Å². The second-order valence-corrected chi connectivity index (χ2v) is 8.96. The Balaban J connectivity index is 1.76. The molecule has 2 heterocycles. The highest BCUT2D eigenvalue weighted by molar-refractivity contribution is 6.07. The molecule has 0 aromatic heterocycles. The highest BCUT2D eigenvalue weighted by Crippen LogP contribution is 2.36. The Kier molecular flexibility index (Phi) is 7.14. The molecule has 2 N–H and O–H groups in total. The molecule has 1 fully saturated rings. The average molecular weight is 495 g/mol. The molecular weight excluding hydrogens is 467 g/mol. The van der Waals surface area contributed by atoms with Gasteiger partial charge in [-0.15, -0.1) is 0 Å². The van der Waals surface area contributed by atoms with E-state index in [2.05, 4.69) is 15.5 Å². The van der Waals surface area contributed by atoms with Crippen LogP contribution < -0.4 is 15.5 Å². The number of piperazine rings is 1. The third kappa shape index (κ3) is 5.48. The van der Waals surface area contributed by atoms with Gasteiger partial charge < -0.3 is 20.4 Å². The first-order valence-corrected chi connectivity index (χ1v) is 11.4. The zero-order valence-electron chi connectivity index (χ0n) is 19.5. The molecule has 1 saturated heterocycles. The van der Waals surface area contributed by atoms with Crippen LogP contribution in [-0.2, 0) is 6.18 Å². The number of benzene rings is 2. The SMILES string of the molecule is CC1CN(c2cc(F)c(C3=CCCNC3)cc2NC(=O)c2ccc(F)cc2C(F)(F)F)CCN1C. The molecule has 0 saturated carbocycles. The van der Waals surface area contributed by atoms with Crippen LogP contribution in [0.2, 0.25) is 0 Å². The predicted molar refractivity (Wildman–Crippen MR) is 126 cm³/mol. The van der Waals surface area contributed by atoms with Gasteiger partial charge in [-0.1, -0.05) is 6.08 Å². The molecule has 5 nitrogen and oxygen atoms in total. The van der Waals surface area contributed by atoms with E-state index in [-0.39, 0.29) is 17.3 Å². The van der Waals surface area contributed by atoms with E-state index in [9.17, 15) is 22.4 Å². The van der Waals surface area contributed by atoms with Gasteiger partial charge in [0.25, 0.3) is 5.91 Å². The smallest absolute Gasteiger partial charge is 0.367 e. The van der Waals surface area contributed by atoms with Crippen molar-refractivity contribution in [1.82, 2.24) is 10.2 Å². The highest BCUT2D eigenvalue weighted by atomic mass is 19.4. The van der Waals surface area contributed by atoms with Crippen LogP contribution in [0.25, 0.3) is 5.57 Å². The quantitative estimate of drug-likeness (QED) is 0.603. The Morgan fingerprint density at radius 1 is 1.14 bits per heavy atom. The number of anilines is 2. The molecule has 4 rings (SSSR count). The standard InChI is InChI=1S/C25H27F5N4O/c1-15-14-34(9-8-33(15)2)23-12-21(27)19(16-4-3-7-31-13-16)11-22(23)32-24(35)18-6-5-17(26)10-20(18)25(28,29)30/h4-6,10-12,15,31H,3,7-9,13-14H2,1-2H3,(H,32,35). The number of hydrogen-bond acceptors (Lipinski definition) is 4. The molecule has 2 aliphatic rings. The van der Waals surface area contributed by atoms with Gasteiger partial charge >= 0.3 is 6.18 Å². The van der Waals surface area contributed by atoms with Crippen LogP contribution in [-0.4, -0.2) is 56.6 Å². The summed E-state index contributed by atoms with van der Waals surface area (Å²) >= 11 is 0. The minimum atomic E-state index is -4.92. The Bertz CT molecular complexity index is 1150. The number of hydrogen-bond donors (Lipinski definition) is 2. The minimum Gasteiger partial charge on any atom is -0.367 e. The van der Waals surface area contributed by atoms with E-state index in [4.69, 9.17) is 0 Å². The van der Waals surface area contributed by atoms with Crippen LogP contribution in [0.5, 0.6) is 0 Å². The van der Waals surface area contributed by atoms with E-state index < -0.39 is 34.8 Å². The molecule has 0 radical (unpaired) electrons. The minimum absolute atomic E-state index is 0.147. The first kappa shape index (κ1) is 25.1. The highest BCUT2D eigenvalue weighted by Gasteiger charge is 2.36. The van der Waals surface area contributed by atoms with Crippen molar-refractivity contribution in [2.45, 2.75) is 25.6 Å². The van der Waals surface area contributed by atoms with Crippen LogP contribution in [0.4, 0.5) is 33.3 Å². The first-order chi connectivity index (χ1) is 16.5. The van der Waals surface area contributed by atoms with Crippen LogP contribution in [0.1, 0.15) is 34.8 Å². The van der Waals surface area contributed by atoms with E-state index in [1.165, 1.54) is 12.1 Å². The van der Waals surface area contributed by atoms with Crippen LogP contribution >= 0.6 is 0 Å². The van der Waals surface area contributed by atoms with Gasteiger partial charge in [-0.2, -0.15) is 13.2 Å². The molecular formula is C25H27F5N4O. The van der Waals surface area contributed by atoms with E-state index in [1.54, 1.807) is 0 Å². The van der Waals surface area contributed by atoms with Gasteiger partial charge in [-0.3, -0.25) is 4.79 Å². The molecule has 0 aliphatic carbocycles. The molecule has 188 valence electrons. The summed E-state index contributed by atoms with van der Waals surface area (Å²) in [7, 11) is 1.98. The van der Waals surface area contributed by atoms with E-state index in [0.29, 0.717) is 49.9 Å². The number of halogens is 5. The molecule has 2 aromatic carbocycles. The second kappa shape index (κ2) is 9.94.